The lowest BCUT2D eigenvalue weighted by molar-refractivity contribution is 1.30. The fourth-order valence-electron chi connectivity index (χ4n) is 1.19. The van der Waals surface area contributed by atoms with Crippen molar-refractivity contribution in [3.05, 3.63) is 40.5 Å². The van der Waals surface area contributed by atoms with Gasteiger partial charge < -0.3 is 0 Å². The molecule has 0 aliphatic rings. The molecule has 0 amide bonds. The van der Waals surface area contributed by atoms with Gasteiger partial charge in [0.15, 0.2) is 11.3 Å². The highest BCUT2D eigenvalue weighted by atomic mass is 35.5. The summed E-state index contributed by atoms with van der Waals surface area (Å²) in [6, 6.07) is 9.19. The maximum atomic E-state index is 9.12. The van der Waals surface area contributed by atoms with Crippen LogP contribution >= 0.6 is 34.7 Å². The average molecular weight is 270 g/mol. The van der Waals surface area contributed by atoms with E-state index in [-0.39, 0.29) is 5.15 Å². The Morgan fingerprint density at radius 1 is 1.25 bits per heavy atom. The minimum absolute atomic E-state index is 0.220. The van der Waals surface area contributed by atoms with E-state index in [1.165, 1.54) is 4.90 Å². The van der Waals surface area contributed by atoms with Crippen LogP contribution in [-0.2, 0) is 0 Å². The van der Waals surface area contributed by atoms with Crippen molar-refractivity contribution in [1.29, 1.82) is 5.26 Å². The number of benzene rings is 1. The molecule has 0 atom stereocenters. The maximum absolute atomic E-state index is 9.12. The standard InChI is InChI=1S/C10H5Cl2N3S/c11-8-9(12)14-16-10(8)15(6-13)7-4-2-1-3-5-7/h1-5H. The van der Waals surface area contributed by atoms with Gasteiger partial charge in [-0.05, 0) is 23.7 Å². The van der Waals surface area contributed by atoms with E-state index in [0.29, 0.717) is 10.0 Å². The van der Waals surface area contributed by atoms with Gasteiger partial charge in [0.25, 0.3) is 0 Å². The molecular weight excluding hydrogens is 265 g/mol. The molecule has 0 bridgehead atoms. The number of aromatic nitrogens is 1. The Bertz CT molecular complexity index is 533. The minimum atomic E-state index is 0.220. The van der Waals surface area contributed by atoms with Crippen LogP contribution in [0.5, 0.6) is 0 Å². The van der Waals surface area contributed by atoms with Crippen LogP contribution < -0.4 is 4.90 Å². The molecular formula is C10H5Cl2N3S. The summed E-state index contributed by atoms with van der Waals surface area (Å²) in [7, 11) is 0. The number of para-hydroxylation sites is 1. The molecule has 2 aromatic rings. The van der Waals surface area contributed by atoms with Gasteiger partial charge in [-0.2, -0.15) is 9.64 Å². The molecule has 0 saturated carbocycles. The van der Waals surface area contributed by atoms with Crippen LogP contribution in [0.3, 0.4) is 0 Å². The zero-order valence-electron chi connectivity index (χ0n) is 7.89. The van der Waals surface area contributed by atoms with Gasteiger partial charge in [-0.15, -0.1) is 0 Å². The second-order valence-electron chi connectivity index (χ2n) is 2.86. The summed E-state index contributed by atoms with van der Waals surface area (Å²) in [6.07, 6.45) is 2.05. The molecule has 0 radical (unpaired) electrons. The average Bonchev–Trinajstić information content (AvgIpc) is 2.64. The van der Waals surface area contributed by atoms with Crippen molar-refractivity contribution in [1.82, 2.24) is 4.37 Å². The van der Waals surface area contributed by atoms with Crippen molar-refractivity contribution in [3.8, 4) is 6.19 Å². The lowest BCUT2D eigenvalue weighted by Gasteiger charge is -2.12. The van der Waals surface area contributed by atoms with Crippen LogP contribution in [0.15, 0.2) is 30.3 Å². The van der Waals surface area contributed by atoms with Gasteiger partial charge in [0.2, 0.25) is 0 Å². The van der Waals surface area contributed by atoms with Crippen LogP contribution in [0.2, 0.25) is 10.2 Å². The topological polar surface area (TPSA) is 39.9 Å². The van der Waals surface area contributed by atoms with Gasteiger partial charge in [0.05, 0.1) is 5.69 Å². The van der Waals surface area contributed by atoms with Crippen molar-refractivity contribution < 1.29 is 0 Å². The quantitative estimate of drug-likeness (QED) is 0.610. The van der Waals surface area contributed by atoms with Gasteiger partial charge in [-0.3, -0.25) is 0 Å². The summed E-state index contributed by atoms with van der Waals surface area (Å²) in [6.45, 7) is 0. The van der Waals surface area contributed by atoms with Gasteiger partial charge in [-0.1, -0.05) is 41.4 Å². The molecule has 6 heteroatoms. The minimum Gasteiger partial charge on any atom is -0.235 e. The van der Waals surface area contributed by atoms with Crippen molar-refractivity contribution >= 4 is 45.4 Å². The molecule has 3 nitrogen and oxygen atoms in total. The number of halogens is 2. The normalized spacial score (nSPS) is 9.81. The van der Waals surface area contributed by atoms with Gasteiger partial charge in [0, 0.05) is 0 Å². The van der Waals surface area contributed by atoms with Crippen LogP contribution in [0.25, 0.3) is 0 Å². The number of anilines is 2. The Balaban J connectivity index is 2.46. The number of nitriles is 1. The summed E-state index contributed by atoms with van der Waals surface area (Å²) in [5.41, 5.74) is 0.729. The molecule has 16 heavy (non-hydrogen) atoms. The molecule has 0 unspecified atom stereocenters. The molecule has 1 aromatic heterocycles. The van der Waals surface area contributed by atoms with Crippen LogP contribution in [-0.4, -0.2) is 4.37 Å². The zero-order valence-corrected chi connectivity index (χ0v) is 10.2. The Labute approximate surface area is 107 Å². The maximum Gasteiger partial charge on any atom is 0.190 e. The van der Waals surface area contributed by atoms with Crippen LogP contribution in [0, 0.1) is 11.5 Å². The number of hydrogen-bond acceptors (Lipinski definition) is 4. The Morgan fingerprint density at radius 3 is 2.44 bits per heavy atom. The van der Waals surface area contributed by atoms with E-state index in [1.54, 1.807) is 0 Å². The van der Waals surface area contributed by atoms with E-state index in [0.717, 1.165) is 17.2 Å². The first-order valence-electron chi connectivity index (χ1n) is 4.29. The number of rotatable bonds is 2. The molecule has 1 heterocycles. The van der Waals surface area contributed by atoms with E-state index in [4.69, 9.17) is 28.5 Å². The summed E-state index contributed by atoms with van der Waals surface area (Å²) in [5, 5.41) is 10.2. The first kappa shape index (κ1) is 11.2. The third-order valence-electron chi connectivity index (χ3n) is 1.90. The summed E-state index contributed by atoms with van der Waals surface area (Å²) < 4.78 is 3.89. The van der Waals surface area contributed by atoms with Crippen LogP contribution in [0.1, 0.15) is 0 Å². The molecule has 0 aliphatic carbocycles. The zero-order chi connectivity index (χ0) is 11.5. The van der Waals surface area contributed by atoms with E-state index in [9.17, 15) is 0 Å². The van der Waals surface area contributed by atoms with Gasteiger partial charge in [-0.25, -0.2) is 4.90 Å². The van der Waals surface area contributed by atoms with Crippen molar-refractivity contribution in [3.63, 3.8) is 0 Å². The first-order chi connectivity index (χ1) is 7.74. The Hall–Kier alpha value is -1.28. The molecule has 80 valence electrons. The van der Waals surface area contributed by atoms with Crippen molar-refractivity contribution in [2.24, 2.45) is 0 Å². The highest BCUT2D eigenvalue weighted by molar-refractivity contribution is 7.11. The number of nitrogens with zero attached hydrogens (tertiary/aromatic N) is 3. The van der Waals surface area contributed by atoms with E-state index in [2.05, 4.69) is 4.37 Å². The Morgan fingerprint density at radius 2 is 1.94 bits per heavy atom. The Kier molecular flexibility index (Phi) is 3.30. The molecule has 0 spiro atoms. The molecule has 0 aliphatic heterocycles. The smallest absolute Gasteiger partial charge is 0.190 e. The lowest BCUT2D eigenvalue weighted by Crippen LogP contribution is -2.06. The predicted octanol–water partition coefficient (Wildman–Crippen LogP) is 4.07. The summed E-state index contributed by atoms with van der Waals surface area (Å²) in [5.74, 6) is 0. The van der Waals surface area contributed by atoms with Crippen molar-refractivity contribution in [2.45, 2.75) is 0 Å². The lowest BCUT2D eigenvalue weighted by atomic mass is 10.3. The molecule has 0 fully saturated rings. The monoisotopic (exact) mass is 269 g/mol. The fourth-order valence-corrected chi connectivity index (χ4v) is 2.38. The first-order valence-corrected chi connectivity index (χ1v) is 5.82. The molecule has 2 rings (SSSR count). The summed E-state index contributed by atoms with van der Waals surface area (Å²) in [4.78, 5) is 1.39. The van der Waals surface area contributed by atoms with Gasteiger partial charge in [0.1, 0.15) is 10.0 Å². The third kappa shape index (κ3) is 1.98. The van der Waals surface area contributed by atoms with Crippen LogP contribution in [0.4, 0.5) is 10.7 Å². The fraction of sp³-hybridized carbons (Fsp3) is 0. The SMILES string of the molecule is N#CN(c1ccccc1)c1snc(Cl)c1Cl. The molecule has 0 saturated heterocycles. The van der Waals surface area contributed by atoms with E-state index >= 15 is 0 Å². The molecule has 1 aromatic carbocycles. The second-order valence-corrected chi connectivity index (χ2v) is 4.35. The van der Waals surface area contributed by atoms with Gasteiger partial charge >= 0.3 is 0 Å². The third-order valence-corrected chi connectivity index (χ3v) is 3.67. The van der Waals surface area contributed by atoms with E-state index < -0.39 is 0 Å². The largest absolute Gasteiger partial charge is 0.235 e. The highest BCUT2D eigenvalue weighted by Crippen LogP contribution is 2.39. The van der Waals surface area contributed by atoms with Crippen molar-refractivity contribution in [2.75, 3.05) is 4.90 Å². The second kappa shape index (κ2) is 4.71. The molecule has 0 N–H and O–H groups in total. The van der Waals surface area contributed by atoms with E-state index in [1.807, 2.05) is 36.5 Å². The predicted molar refractivity (Wildman–Crippen MR) is 66.3 cm³/mol. The summed E-state index contributed by atoms with van der Waals surface area (Å²) >= 11 is 12.8. The number of hydrogen-bond donors (Lipinski definition) is 0. The highest BCUT2D eigenvalue weighted by Gasteiger charge is 2.17.